The van der Waals surface area contributed by atoms with Gasteiger partial charge in [0.25, 0.3) is 0 Å². The van der Waals surface area contributed by atoms with Crippen LogP contribution < -0.4 is 5.32 Å². The molecule has 0 aromatic carbocycles. The minimum absolute atomic E-state index is 0.679. The van der Waals surface area contributed by atoms with Gasteiger partial charge in [-0.15, -0.1) is 0 Å². The Morgan fingerprint density at radius 3 is 2.71 bits per heavy atom. The summed E-state index contributed by atoms with van der Waals surface area (Å²) in [5, 5.41) is 3.45. The molecule has 1 aromatic heterocycles. The molecule has 1 fully saturated rings. The number of hydrogen-bond acceptors (Lipinski definition) is 3. The predicted molar refractivity (Wildman–Crippen MR) is 88.3 cm³/mol. The topological polar surface area (TPSA) is 28.4 Å². The van der Waals surface area contributed by atoms with Crippen LogP contribution in [0.15, 0.2) is 10.5 Å². The summed E-state index contributed by atoms with van der Waals surface area (Å²) in [7, 11) is 0. The molecule has 3 nitrogen and oxygen atoms in total. The fourth-order valence-corrected chi connectivity index (χ4v) is 2.90. The Morgan fingerprint density at radius 1 is 1.38 bits per heavy atom. The van der Waals surface area contributed by atoms with Crippen molar-refractivity contribution >= 4 is 0 Å². The van der Waals surface area contributed by atoms with Crippen molar-refractivity contribution in [2.45, 2.75) is 60.0 Å². The molecule has 1 saturated carbocycles. The Hall–Kier alpha value is -0.800. The highest BCUT2D eigenvalue weighted by molar-refractivity contribution is 5.20. The molecule has 0 atom stereocenters. The standard InChI is InChI=1S/C18H32N2O/c1-5-20(12-16-7-6-8-16)13-17-9-18(21-15(17)4)11-19-10-14(2)3/h9,14,16,19H,5-8,10-13H2,1-4H3. The lowest BCUT2D eigenvalue weighted by Crippen LogP contribution is -2.32. The maximum absolute atomic E-state index is 5.90. The first kappa shape index (κ1) is 16.6. The van der Waals surface area contributed by atoms with Crippen molar-refractivity contribution in [3.8, 4) is 0 Å². The van der Waals surface area contributed by atoms with Crippen LogP contribution in [0, 0.1) is 18.8 Å². The van der Waals surface area contributed by atoms with Gasteiger partial charge in [0.15, 0.2) is 0 Å². The van der Waals surface area contributed by atoms with Crippen LogP contribution in [0.25, 0.3) is 0 Å². The Morgan fingerprint density at radius 2 is 2.14 bits per heavy atom. The number of rotatable bonds is 9. The van der Waals surface area contributed by atoms with Crippen molar-refractivity contribution in [3.63, 3.8) is 0 Å². The van der Waals surface area contributed by atoms with Crippen LogP contribution in [-0.4, -0.2) is 24.5 Å². The fraction of sp³-hybridized carbons (Fsp3) is 0.778. The Kier molecular flexibility index (Phi) is 6.31. The molecule has 0 aliphatic heterocycles. The molecule has 1 aliphatic carbocycles. The van der Waals surface area contributed by atoms with Crippen molar-refractivity contribution in [2.24, 2.45) is 11.8 Å². The highest BCUT2D eigenvalue weighted by atomic mass is 16.3. The molecule has 0 saturated heterocycles. The van der Waals surface area contributed by atoms with E-state index in [1.807, 2.05) is 0 Å². The van der Waals surface area contributed by atoms with Crippen LogP contribution in [0.4, 0.5) is 0 Å². The van der Waals surface area contributed by atoms with E-state index >= 15 is 0 Å². The molecule has 1 aromatic rings. The van der Waals surface area contributed by atoms with Crippen molar-refractivity contribution in [2.75, 3.05) is 19.6 Å². The molecular weight excluding hydrogens is 260 g/mol. The summed E-state index contributed by atoms with van der Waals surface area (Å²) in [6, 6.07) is 2.24. The van der Waals surface area contributed by atoms with E-state index in [0.717, 1.165) is 43.6 Å². The van der Waals surface area contributed by atoms with Crippen LogP contribution in [0.5, 0.6) is 0 Å². The zero-order valence-corrected chi connectivity index (χ0v) is 14.2. The zero-order chi connectivity index (χ0) is 15.2. The zero-order valence-electron chi connectivity index (χ0n) is 14.2. The van der Waals surface area contributed by atoms with Gasteiger partial charge in [-0.1, -0.05) is 27.2 Å². The second-order valence-corrected chi connectivity index (χ2v) is 6.94. The summed E-state index contributed by atoms with van der Waals surface area (Å²) < 4.78 is 5.90. The molecule has 1 aliphatic rings. The molecule has 0 spiro atoms. The average molecular weight is 292 g/mol. The van der Waals surface area contributed by atoms with Crippen LogP contribution in [0.3, 0.4) is 0 Å². The number of nitrogens with zero attached hydrogens (tertiary/aromatic N) is 1. The van der Waals surface area contributed by atoms with Gasteiger partial charge in [-0.05, 0) is 50.8 Å². The summed E-state index contributed by atoms with van der Waals surface area (Å²) in [6.45, 7) is 14.1. The summed E-state index contributed by atoms with van der Waals surface area (Å²) >= 11 is 0. The molecular formula is C18H32N2O. The van der Waals surface area contributed by atoms with Gasteiger partial charge in [0, 0.05) is 18.7 Å². The molecule has 120 valence electrons. The first-order valence-electron chi connectivity index (χ1n) is 8.59. The molecule has 21 heavy (non-hydrogen) atoms. The molecule has 0 amide bonds. The molecule has 0 bridgehead atoms. The second-order valence-electron chi connectivity index (χ2n) is 6.94. The minimum atomic E-state index is 0.679. The lowest BCUT2D eigenvalue weighted by molar-refractivity contribution is 0.177. The van der Waals surface area contributed by atoms with Crippen LogP contribution in [0.2, 0.25) is 0 Å². The Bertz CT molecular complexity index is 421. The van der Waals surface area contributed by atoms with Gasteiger partial charge < -0.3 is 9.73 Å². The third kappa shape index (κ3) is 5.15. The quantitative estimate of drug-likeness (QED) is 0.747. The number of aryl methyl sites for hydroxylation is 1. The molecule has 3 heteroatoms. The van der Waals surface area contributed by atoms with Gasteiger partial charge in [0.2, 0.25) is 0 Å². The maximum Gasteiger partial charge on any atom is 0.118 e. The first-order valence-corrected chi connectivity index (χ1v) is 8.59. The summed E-state index contributed by atoms with van der Waals surface area (Å²) in [5.74, 6) is 3.77. The van der Waals surface area contributed by atoms with Crippen LogP contribution in [0.1, 0.15) is 57.1 Å². The summed E-state index contributed by atoms with van der Waals surface area (Å²) in [5.41, 5.74) is 1.36. The van der Waals surface area contributed by atoms with Crippen molar-refractivity contribution in [1.29, 1.82) is 0 Å². The molecule has 2 rings (SSSR count). The van der Waals surface area contributed by atoms with E-state index in [4.69, 9.17) is 4.42 Å². The van der Waals surface area contributed by atoms with Gasteiger partial charge >= 0.3 is 0 Å². The molecule has 1 heterocycles. The van der Waals surface area contributed by atoms with E-state index in [1.54, 1.807) is 0 Å². The maximum atomic E-state index is 5.90. The molecule has 1 N–H and O–H groups in total. The first-order chi connectivity index (χ1) is 10.1. The number of hydrogen-bond donors (Lipinski definition) is 1. The monoisotopic (exact) mass is 292 g/mol. The van der Waals surface area contributed by atoms with E-state index in [0.29, 0.717) is 5.92 Å². The van der Waals surface area contributed by atoms with Crippen molar-refractivity contribution in [3.05, 3.63) is 23.2 Å². The smallest absolute Gasteiger partial charge is 0.118 e. The van der Waals surface area contributed by atoms with Gasteiger partial charge in [-0.2, -0.15) is 0 Å². The number of nitrogens with one attached hydrogen (secondary N) is 1. The Labute approximate surface area is 130 Å². The normalized spacial score (nSPS) is 15.9. The lowest BCUT2D eigenvalue weighted by atomic mass is 9.85. The van der Waals surface area contributed by atoms with Crippen molar-refractivity contribution < 1.29 is 4.42 Å². The van der Waals surface area contributed by atoms with E-state index in [-0.39, 0.29) is 0 Å². The van der Waals surface area contributed by atoms with Gasteiger partial charge in [0.05, 0.1) is 6.54 Å². The fourth-order valence-electron chi connectivity index (χ4n) is 2.90. The predicted octanol–water partition coefficient (Wildman–Crippen LogP) is 3.96. The van der Waals surface area contributed by atoms with E-state index in [1.165, 1.54) is 31.4 Å². The highest BCUT2D eigenvalue weighted by Gasteiger charge is 2.21. The highest BCUT2D eigenvalue weighted by Crippen LogP contribution is 2.28. The van der Waals surface area contributed by atoms with E-state index < -0.39 is 0 Å². The largest absolute Gasteiger partial charge is 0.465 e. The van der Waals surface area contributed by atoms with E-state index in [9.17, 15) is 0 Å². The summed E-state index contributed by atoms with van der Waals surface area (Å²) in [6.07, 6.45) is 4.27. The van der Waals surface area contributed by atoms with E-state index in [2.05, 4.69) is 44.0 Å². The second kappa shape index (κ2) is 8.00. The summed E-state index contributed by atoms with van der Waals surface area (Å²) in [4.78, 5) is 2.56. The lowest BCUT2D eigenvalue weighted by Gasteiger charge is -2.31. The van der Waals surface area contributed by atoms with Gasteiger partial charge in [0.1, 0.15) is 11.5 Å². The SMILES string of the molecule is CCN(Cc1cc(CNCC(C)C)oc1C)CC1CCC1. The molecule has 0 unspecified atom stereocenters. The third-order valence-electron chi connectivity index (χ3n) is 4.51. The van der Waals surface area contributed by atoms with Crippen LogP contribution in [-0.2, 0) is 13.1 Å². The average Bonchev–Trinajstić information content (AvgIpc) is 2.72. The van der Waals surface area contributed by atoms with Gasteiger partial charge in [-0.3, -0.25) is 4.90 Å². The van der Waals surface area contributed by atoms with Crippen molar-refractivity contribution in [1.82, 2.24) is 10.2 Å². The van der Waals surface area contributed by atoms with Gasteiger partial charge in [-0.25, -0.2) is 0 Å². The minimum Gasteiger partial charge on any atom is -0.465 e. The number of furan rings is 1. The molecule has 0 radical (unpaired) electrons. The van der Waals surface area contributed by atoms with Crippen LogP contribution >= 0.6 is 0 Å². The third-order valence-corrected chi connectivity index (χ3v) is 4.51. The Balaban J connectivity index is 1.84.